The molecule has 0 bridgehead atoms. The zero-order chi connectivity index (χ0) is 14.0. The molecule has 0 saturated heterocycles. The molecule has 1 heterocycles. The molecule has 1 aromatic carbocycles. The largest absolute Gasteiger partial charge is 0.247 e. The van der Waals surface area contributed by atoms with Crippen LogP contribution >= 0.6 is 15.9 Å². The van der Waals surface area contributed by atoms with Gasteiger partial charge in [-0.2, -0.15) is 0 Å². The van der Waals surface area contributed by atoms with E-state index in [1.165, 1.54) is 12.1 Å². The zero-order valence-electron chi connectivity index (χ0n) is 10.1. The average Bonchev–Trinajstić information content (AvgIpc) is 2.40. The number of aromatic nitrogens is 1. The van der Waals surface area contributed by atoms with Crippen molar-refractivity contribution >= 4 is 25.8 Å². The van der Waals surface area contributed by atoms with Crippen molar-refractivity contribution in [2.45, 2.75) is 11.8 Å². The first-order chi connectivity index (χ1) is 8.94. The summed E-state index contributed by atoms with van der Waals surface area (Å²) in [6.07, 6.45) is 1.55. The Hall–Kier alpha value is -1.27. The Kier molecular flexibility index (Phi) is 4.01. The van der Waals surface area contributed by atoms with Crippen molar-refractivity contribution in [1.29, 1.82) is 0 Å². The van der Waals surface area contributed by atoms with E-state index in [-0.39, 0.29) is 16.5 Å². The van der Waals surface area contributed by atoms with Gasteiger partial charge in [0, 0.05) is 11.8 Å². The van der Waals surface area contributed by atoms with Gasteiger partial charge < -0.3 is 0 Å². The number of hydrogen-bond acceptors (Lipinski definition) is 3. The summed E-state index contributed by atoms with van der Waals surface area (Å²) in [6, 6.07) is 7.37. The van der Waals surface area contributed by atoms with Crippen LogP contribution in [0.4, 0.5) is 4.39 Å². The molecule has 19 heavy (non-hydrogen) atoms. The molecule has 2 aromatic rings. The van der Waals surface area contributed by atoms with Gasteiger partial charge in [-0.3, -0.25) is 0 Å². The molecular formula is C13H11BrFNO2S. The lowest BCUT2D eigenvalue weighted by Crippen LogP contribution is -2.05. The minimum absolute atomic E-state index is 0.000150. The monoisotopic (exact) mass is 343 g/mol. The quantitative estimate of drug-likeness (QED) is 0.802. The van der Waals surface area contributed by atoms with Crippen LogP contribution in [0.15, 0.2) is 46.0 Å². The number of halogens is 2. The van der Waals surface area contributed by atoms with E-state index in [1.54, 1.807) is 31.3 Å². The fraction of sp³-hybridized carbons (Fsp3) is 0.154. The van der Waals surface area contributed by atoms with Crippen molar-refractivity contribution in [2.75, 3.05) is 5.75 Å². The van der Waals surface area contributed by atoms with Crippen LogP contribution in [-0.4, -0.2) is 19.2 Å². The first-order valence-corrected chi connectivity index (χ1v) is 8.03. The fourth-order valence-corrected chi connectivity index (χ4v) is 3.49. The van der Waals surface area contributed by atoms with Crippen molar-refractivity contribution in [2.24, 2.45) is 0 Å². The summed E-state index contributed by atoms with van der Waals surface area (Å²) in [7, 11) is -3.35. The van der Waals surface area contributed by atoms with Crippen molar-refractivity contribution in [1.82, 2.24) is 4.98 Å². The van der Waals surface area contributed by atoms with Crippen molar-refractivity contribution < 1.29 is 12.8 Å². The molecule has 1 aromatic heterocycles. The number of sulfone groups is 1. The molecular weight excluding hydrogens is 333 g/mol. The summed E-state index contributed by atoms with van der Waals surface area (Å²) >= 11 is 3.14. The number of benzene rings is 1. The normalized spacial score (nSPS) is 11.5. The predicted octanol–water partition coefficient (Wildman–Crippen LogP) is 3.44. The first kappa shape index (κ1) is 14.1. The molecule has 100 valence electrons. The third kappa shape index (κ3) is 3.01. The minimum Gasteiger partial charge on any atom is -0.247 e. The standard InChI is InChI=1S/C13H11BrFNO2S/c1-2-19(17,18)12-7-10(8-16-13(12)14)9-3-5-11(15)6-4-9/h3-8H,2H2,1H3. The minimum atomic E-state index is -3.35. The van der Waals surface area contributed by atoms with E-state index in [0.717, 1.165) is 0 Å². The van der Waals surface area contributed by atoms with Gasteiger partial charge in [0.15, 0.2) is 9.84 Å². The van der Waals surface area contributed by atoms with E-state index in [4.69, 9.17) is 0 Å². The molecule has 0 unspecified atom stereocenters. The Labute approximate surface area is 119 Å². The number of nitrogens with zero attached hydrogens (tertiary/aromatic N) is 1. The van der Waals surface area contributed by atoms with Crippen LogP contribution in [0.3, 0.4) is 0 Å². The third-order valence-corrected chi connectivity index (χ3v) is 5.34. The Morgan fingerprint density at radius 1 is 1.21 bits per heavy atom. The summed E-state index contributed by atoms with van der Waals surface area (Å²) in [5.74, 6) is -0.338. The van der Waals surface area contributed by atoms with E-state index in [0.29, 0.717) is 15.7 Å². The van der Waals surface area contributed by atoms with Gasteiger partial charge >= 0.3 is 0 Å². The SMILES string of the molecule is CCS(=O)(=O)c1cc(-c2ccc(F)cc2)cnc1Br. The van der Waals surface area contributed by atoms with Crippen LogP contribution in [-0.2, 0) is 9.84 Å². The second kappa shape index (κ2) is 5.38. The highest BCUT2D eigenvalue weighted by molar-refractivity contribution is 9.10. The Morgan fingerprint density at radius 2 is 1.84 bits per heavy atom. The summed E-state index contributed by atoms with van der Waals surface area (Å²) in [4.78, 5) is 4.19. The highest BCUT2D eigenvalue weighted by atomic mass is 79.9. The molecule has 0 amide bonds. The Bertz CT molecular complexity index is 699. The molecule has 0 radical (unpaired) electrons. The lowest BCUT2D eigenvalue weighted by Gasteiger charge is -2.07. The topological polar surface area (TPSA) is 47.0 Å². The maximum atomic E-state index is 12.9. The molecule has 0 fully saturated rings. The lowest BCUT2D eigenvalue weighted by atomic mass is 10.1. The van der Waals surface area contributed by atoms with Crippen molar-refractivity contribution in [3.8, 4) is 11.1 Å². The van der Waals surface area contributed by atoms with Gasteiger partial charge in [-0.15, -0.1) is 0 Å². The number of pyridine rings is 1. The van der Waals surface area contributed by atoms with Gasteiger partial charge in [-0.05, 0) is 39.7 Å². The summed E-state index contributed by atoms with van der Waals surface area (Å²) in [5, 5.41) is 0. The molecule has 0 spiro atoms. The highest BCUT2D eigenvalue weighted by Crippen LogP contribution is 2.27. The Balaban J connectivity index is 2.56. The Morgan fingerprint density at radius 3 is 2.42 bits per heavy atom. The highest BCUT2D eigenvalue weighted by Gasteiger charge is 2.17. The fourth-order valence-electron chi connectivity index (χ4n) is 1.60. The van der Waals surface area contributed by atoms with Crippen LogP contribution in [0.2, 0.25) is 0 Å². The van der Waals surface area contributed by atoms with Crippen molar-refractivity contribution in [3.05, 3.63) is 46.9 Å². The number of hydrogen-bond donors (Lipinski definition) is 0. The zero-order valence-corrected chi connectivity index (χ0v) is 12.5. The molecule has 2 rings (SSSR count). The second-order valence-electron chi connectivity index (χ2n) is 3.92. The average molecular weight is 344 g/mol. The van der Waals surface area contributed by atoms with Gasteiger partial charge in [0.05, 0.1) is 5.75 Å². The van der Waals surface area contributed by atoms with E-state index < -0.39 is 9.84 Å². The molecule has 0 aliphatic heterocycles. The van der Waals surface area contributed by atoms with Crippen LogP contribution in [0, 0.1) is 5.82 Å². The molecule has 0 aliphatic rings. The van der Waals surface area contributed by atoms with Gasteiger partial charge in [-0.25, -0.2) is 17.8 Å². The van der Waals surface area contributed by atoms with E-state index in [1.807, 2.05) is 0 Å². The van der Waals surface area contributed by atoms with Gasteiger partial charge in [0.2, 0.25) is 0 Å². The first-order valence-electron chi connectivity index (χ1n) is 5.58. The lowest BCUT2D eigenvalue weighted by molar-refractivity contribution is 0.596. The molecule has 3 nitrogen and oxygen atoms in total. The summed E-state index contributed by atoms with van der Waals surface area (Å²) in [6.45, 7) is 1.58. The smallest absolute Gasteiger partial charge is 0.180 e. The molecule has 0 saturated carbocycles. The molecule has 0 atom stereocenters. The molecule has 0 N–H and O–H groups in total. The van der Waals surface area contributed by atoms with Gasteiger partial charge in [-0.1, -0.05) is 19.1 Å². The molecule has 6 heteroatoms. The van der Waals surface area contributed by atoms with Gasteiger partial charge in [0.1, 0.15) is 15.3 Å². The van der Waals surface area contributed by atoms with E-state index in [9.17, 15) is 12.8 Å². The maximum Gasteiger partial charge on any atom is 0.180 e. The maximum absolute atomic E-state index is 12.9. The summed E-state index contributed by atoms with van der Waals surface area (Å²) < 4.78 is 37.0. The van der Waals surface area contributed by atoms with E-state index in [2.05, 4.69) is 20.9 Å². The van der Waals surface area contributed by atoms with Crippen LogP contribution < -0.4 is 0 Å². The van der Waals surface area contributed by atoms with E-state index >= 15 is 0 Å². The molecule has 0 aliphatic carbocycles. The van der Waals surface area contributed by atoms with Crippen LogP contribution in [0.25, 0.3) is 11.1 Å². The third-order valence-electron chi connectivity index (χ3n) is 2.70. The van der Waals surface area contributed by atoms with Gasteiger partial charge in [0.25, 0.3) is 0 Å². The summed E-state index contributed by atoms with van der Waals surface area (Å²) in [5.41, 5.74) is 1.35. The van der Waals surface area contributed by atoms with Crippen molar-refractivity contribution in [3.63, 3.8) is 0 Å². The predicted molar refractivity (Wildman–Crippen MR) is 75.1 cm³/mol. The van der Waals surface area contributed by atoms with Crippen LogP contribution in [0.5, 0.6) is 0 Å². The number of rotatable bonds is 3. The second-order valence-corrected chi connectivity index (χ2v) is 6.92. The van der Waals surface area contributed by atoms with Crippen LogP contribution in [0.1, 0.15) is 6.92 Å².